The molecule has 2 aliphatic rings. The minimum atomic E-state index is -1.62. The van der Waals surface area contributed by atoms with Crippen molar-refractivity contribution in [3.8, 4) is 0 Å². The molecule has 0 bridgehead atoms. The first-order valence-corrected chi connectivity index (χ1v) is 33.2. The summed E-state index contributed by atoms with van der Waals surface area (Å²) in [6.45, 7) is 32.6. The molecule has 91 heavy (non-hydrogen) atoms. The van der Waals surface area contributed by atoms with Crippen molar-refractivity contribution in [3.05, 3.63) is 0 Å². The van der Waals surface area contributed by atoms with Crippen molar-refractivity contribution in [3.63, 3.8) is 0 Å². The summed E-state index contributed by atoms with van der Waals surface area (Å²) in [5.74, 6) is -10.6. The Morgan fingerprint density at radius 2 is 0.879 bits per heavy atom. The molecule has 25 nitrogen and oxygen atoms in total. The van der Waals surface area contributed by atoms with Crippen molar-refractivity contribution in [1.82, 2.24) is 55.6 Å². The number of carbonyl (C=O) groups excluding carboxylic acids is 11. The number of esters is 1. The van der Waals surface area contributed by atoms with Gasteiger partial charge in [0.15, 0.2) is 6.10 Å². The molecule has 0 radical (unpaired) electrons. The van der Waals surface area contributed by atoms with E-state index < -0.39 is 156 Å². The first kappa shape index (κ1) is 81.1. The SMILES string of the molecule is CC[C@@H]1NC(=O)[C@H](C(O)[C@H](C)CCN2CCOCC2)N(C)C(=O)[C@@H](C(C)C)N(C)C(=O)[C@H](CC(C)C)NC(=O)[C@H](CC(C)C)N(C)C(=O)[C@H](C(C)C)OC(=O)[C@@H](C)NC(=O)[C@@H](CC(C)C)N(C)C(=O)[C@@H](CC(C)C)NC(=O)[C@H](CC(C)C)N(C)C(=O)CN(C)C1=O. The number of amides is 10. The van der Waals surface area contributed by atoms with Gasteiger partial charge in [-0.05, 0) is 106 Å². The predicted octanol–water partition coefficient (Wildman–Crippen LogP) is 3.14. The van der Waals surface area contributed by atoms with Crippen molar-refractivity contribution in [2.24, 2.45) is 47.3 Å². The minimum absolute atomic E-state index is 0.0177. The maximum Gasteiger partial charge on any atom is 0.329 e. The second kappa shape index (κ2) is 37.7. The maximum atomic E-state index is 15.3. The number of nitrogens with zero attached hydrogens (tertiary/aromatic N) is 7. The van der Waals surface area contributed by atoms with E-state index in [0.29, 0.717) is 39.3 Å². The third kappa shape index (κ3) is 24.2. The van der Waals surface area contributed by atoms with Crippen LogP contribution in [0.4, 0.5) is 0 Å². The molecule has 0 aromatic heterocycles. The highest BCUT2D eigenvalue weighted by molar-refractivity contribution is 5.99. The van der Waals surface area contributed by atoms with E-state index in [1.165, 1.54) is 68.8 Å². The second-order valence-corrected chi connectivity index (χ2v) is 28.5. The lowest BCUT2D eigenvalue weighted by atomic mass is 9.91. The van der Waals surface area contributed by atoms with Gasteiger partial charge in [-0.3, -0.25) is 52.8 Å². The minimum Gasteiger partial charge on any atom is -0.450 e. The molecule has 2 fully saturated rings. The molecule has 0 aromatic rings. The zero-order valence-corrected chi connectivity index (χ0v) is 59.5. The zero-order chi connectivity index (χ0) is 69.8. The van der Waals surface area contributed by atoms with E-state index in [2.05, 4.69) is 26.2 Å². The highest BCUT2D eigenvalue weighted by Gasteiger charge is 2.45. The number of rotatable bonds is 18. The molecule has 0 saturated carbocycles. The van der Waals surface area contributed by atoms with Gasteiger partial charge >= 0.3 is 5.97 Å². The molecule has 0 spiro atoms. The number of hydrogen-bond donors (Lipinski definition) is 5. The highest BCUT2D eigenvalue weighted by Crippen LogP contribution is 2.25. The van der Waals surface area contributed by atoms with E-state index >= 15 is 14.4 Å². The molecule has 0 aliphatic carbocycles. The molecule has 1 unspecified atom stereocenters. The Balaban J connectivity index is 2.99. The molecular weight excluding hydrogens is 1170 g/mol. The fourth-order valence-electron chi connectivity index (χ4n) is 11.7. The Labute approximate surface area is 544 Å². The lowest BCUT2D eigenvalue weighted by Gasteiger charge is -2.40. The van der Waals surface area contributed by atoms with Crippen LogP contribution in [-0.4, -0.2) is 253 Å². The lowest BCUT2D eigenvalue weighted by molar-refractivity contribution is -0.166. The van der Waals surface area contributed by atoms with Crippen molar-refractivity contribution in [2.75, 3.05) is 81.7 Å². The van der Waals surface area contributed by atoms with E-state index in [1.807, 2.05) is 69.2 Å². The Morgan fingerprint density at radius 1 is 0.473 bits per heavy atom. The van der Waals surface area contributed by atoms with Gasteiger partial charge in [0.1, 0.15) is 54.4 Å². The van der Waals surface area contributed by atoms with E-state index in [-0.39, 0.29) is 68.1 Å². The molecule has 25 heteroatoms. The first-order chi connectivity index (χ1) is 42.2. The lowest BCUT2D eigenvalue weighted by Crippen LogP contribution is -2.63. The van der Waals surface area contributed by atoms with Crippen LogP contribution in [0.1, 0.15) is 163 Å². The number of carbonyl (C=O) groups is 11. The molecular formula is C66H119N11O14. The third-order valence-corrected chi connectivity index (χ3v) is 17.3. The molecule has 10 amide bonds. The number of aliphatic hydroxyl groups is 1. The Hall–Kier alpha value is -5.95. The summed E-state index contributed by atoms with van der Waals surface area (Å²) in [4.78, 5) is 171. The number of hydrogen-bond acceptors (Lipinski definition) is 15. The summed E-state index contributed by atoms with van der Waals surface area (Å²) in [6.07, 6.45) is -1.89. The van der Waals surface area contributed by atoms with Gasteiger partial charge in [0.05, 0.1) is 25.9 Å². The van der Waals surface area contributed by atoms with Crippen molar-refractivity contribution in [2.45, 2.75) is 229 Å². The maximum absolute atomic E-state index is 15.3. The normalized spacial score (nSPS) is 27.0. The summed E-state index contributed by atoms with van der Waals surface area (Å²) < 4.78 is 11.5. The van der Waals surface area contributed by atoms with Gasteiger partial charge in [-0.2, -0.15) is 0 Å². The smallest absolute Gasteiger partial charge is 0.329 e. The van der Waals surface area contributed by atoms with Crippen LogP contribution in [-0.2, 0) is 62.2 Å². The summed E-state index contributed by atoms with van der Waals surface area (Å²) in [6, 6.07) is -11.5. The van der Waals surface area contributed by atoms with Crippen LogP contribution in [0.25, 0.3) is 0 Å². The summed E-state index contributed by atoms with van der Waals surface area (Å²) in [5, 5.41) is 23.7. The zero-order valence-electron chi connectivity index (χ0n) is 59.5. The molecule has 2 rings (SSSR count). The number of aliphatic hydroxyl groups excluding tert-OH is 1. The fourth-order valence-corrected chi connectivity index (χ4v) is 11.7. The number of morpholine rings is 1. The topological polar surface area (TPSA) is 297 Å². The summed E-state index contributed by atoms with van der Waals surface area (Å²) in [5.41, 5.74) is 0. The average molecular weight is 1290 g/mol. The van der Waals surface area contributed by atoms with Crippen LogP contribution in [0.2, 0.25) is 0 Å². The Bertz CT molecular complexity index is 2430. The molecule has 2 saturated heterocycles. The largest absolute Gasteiger partial charge is 0.450 e. The number of cyclic esters (lactones) is 1. The van der Waals surface area contributed by atoms with Gasteiger partial charge in [-0.1, -0.05) is 111 Å². The monoisotopic (exact) mass is 1290 g/mol. The van der Waals surface area contributed by atoms with Crippen LogP contribution < -0.4 is 21.3 Å². The number of nitrogens with one attached hydrogen (secondary N) is 4. The molecule has 2 heterocycles. The van der Waals surface area contributed by atoms with Gasteiger partial charge < -0.3 is 65.2 Å². The summed E-state index contributed by atoms with van der Waals surface area (Å²) in [7, 11) is 8.44. The quantitative estimate of drug-likeness (QED) is 0.123. The van der Waals surface area contributed by atoms with E-state index in [1.54, 1.807) is 41.5 Å². The standard InChI is InChI=1S/C66H119N11O14/c1-24-46-61(84)71(18)36-52(78)72(19)49(33-39(6)7)58(81)69-47(31-37(2)3)62(85)73(20)50(34-40(8)9)57(80)67-45(17)66(89)91-56(43(14)15)65(88)74(21)51(35-41(10)11)59(82)70-48(32-38(4)5)63(86)75(22)53(42(12)13)64(87)76(23)54(60(83)68-46)55(79)44(16)25-26-77-27-29-90-30-28-77/h37-51,53-56,79H,24-36H2,1-23H3,(H,67,80)(H,68,83)(H,69,81)(H,70,82)/t44-,45-,46+,47-,48+,49+,50-,51+,53-,54+,55?,56+/m1/s1. The van der Waals surface area contributed by atoms with Gasteiger partial charge in [0, 0.05) is 55.4 Å². The molecule has 12 atom stereocenters. The van der Waals surface area contributed by atoms with Crippen LogP contribution in [0.3, 0.4) is 0 Å². The van der Waals surface area contributed by atoms with E-state index in [4.69, 9.17) is 9.47 Å². The van der Waals surface area contributed by atoms with Crippen LogP contribution >= 0.6 is 0 Å². The van der Waals surface area contributed by atoms with Crippen molar-refractivity contribution < 1.29 is 67.3 Å². The van der Waals surface area contributed by atoms with Crippen LogP contribution in [0.5, 0.6) is 0 Å². The van der Waals surface area contributed by atoms with Gasteiger partial charge in [0.2, 0.25) is 53.2 Å². The van der Waals surface area contributed by atoms with Crippen LogP contribution in [0.15, 0.2) is 0 Å². The third-order valence-electron chi connectivity index (χ3n) is 17.3. The fraction of sp³-hybridized carbons (Fsp3) is 0.833. The van der Waals surface area contributed by atoms with Crippen LogP contribution in [0, 0.1) is 47.3 Å². The number of ether oxygens (including phenoxy) is 2. The van der Waals surface area contributed by atoms with Crippen molar-refractivity contribution in [1.29, 1.82) is 0 Å². The number of likely N-dealkylation sites (N-methyl/N-ethyl adjacent to an activating group) is 6. The molecule has 522 valence electrons. The second-order valence-electron chi connectivity index (χ2n) is 28.5. The van der Waals surface area contributed by atoms with E-state index in [0.717, 1.165) is 9.80 Å². The Kier molecular flexibility index (Phi) is 33.6. The first-order valence-electron chi connectivity index (χ1n) is 33.2. The Morgan fingerprint density at radius 3 is 1.31 bits per heavy atom. The molecule has 5 N–H and O–H groups in total. The highest BCUT2D eigenvalue weighted by atomic mass is 16.6. The predicted molar refractivity (Wildman–Crippen MR) is 348 cm³/mol. The molecule has 2 aliphatic heterocycles. The molecule has 0 aromatic carbocycles. The average Bonchev–Trinajstić information content (AvgIpc) is 0.932. The van der Waals surface area contributed by atoms with Gasteiger partial charge in [-0.15, -0.1) is 0 Å². The van der Waals surface area contributed by atoms with Crippen molar-refractivity contribution >= 4 is 65.0 Å². The van der Waals surface area contributed by atoms with E-state index in [9.17, 15) is 43.5 Å². The van der Waals surface area contributed by atoms with Gasteiger partial charge in [0.25, 0.3) is 5.91 Å². The van der Waals surface area contributed by atoms with Gasteiger partial charge in [-0.25, -0.2) is 4.79 Å². The summed E-state index contributed by atoms with van der Waals surface area (Å²) >= 11 is 0.